The van der Waals surface area contributed by atoms with E-state index in [2.05, 4.69) is 10.5 Å². The highest BCUT2D eigenvalue weighted by atomic mass is 16.5. The lowest BCUT2D eigenvalue weighted by Gasteiger charge is -2.15. The minimum absolute atomic E-state index is 0.266. The number of hydrogen-bond acceptors (Lipinski definition) is 7. The van der Waals surface area contributed by atoms with E-state index in [1.165, 1.54) is 7.11 Å². The van der Waals surface area contributed by atoms with Gasteiger partial charge >= 0.3 is 0 Å². The number of primary amides is 1. The summed E-state index contributed by atoms with van der Waals surface area (Å²) in [6.45, 7) is 3.98. The number of carbonyl (C=O) groups excluding carboxylic acids is 2. The van der Waals surface area contributed by atoms with Crippen LogP contribution in [-0.4, -0.2) is 37.2 Å². The van der Waals surface area contributed by atoms with Crippen molar-refractivity contribution in [3.8, 4) is 33.9 Å². The zero-order valence-corrected chi connectivity index (χ0v) is 18.4. The van der Waals surface area contributed by atoms with Gasteiger partial charge in [-0.3, -0.25) is 9.59 Å². The van der Waals surface area contributed by atoms with Crippen LogP contribution in [0.4, 0.5) is 5.69 Å². The van der Waals surface area contributed by atoms with Gasteiger partial charge in [0.1, 0.15) is 11.5 Å². The minimum Gasteiger partial charge on any atom is -0.496 e. The summed E-state index contributed by atoms with van der Waals surface area (Å²) in [5.74, 6) is 0.516. The first-order valence-electron chi connectivity index (χ1n) is 9.88. The molecule has 0 saturated heterocycles. The second kappa shape index (κ2) is 9.52. The van der Waals surface area contributed by atoms with Crippen LogP contribution in [0.15, 0.2) is 41.1 Å². The van der Waals surface area contributed by atoms with Crippen molar-refractivity contribution in [3.05, 3.63) is 47.7 Å². The SMILES string of the molecule is COc1ccc(-c2cnoc2-c2cc(C)c(C)c(OC)c2)cc1NC(=O)C(N)CC(N)=O. The number of nitrogens with zero attached hydrogens (tertiary/aromatic N) is 1. The summed E-state index contributed by atoms with van der Waals surface area (Å²) in [5, 5.41) is 6.67. The van der Waals surface area contributed by atoms with Crippen LogP contribution in [0.2, 0.25) is 0 Å². The Labute approximate surface area is 185 Å². The van der Waals surface area contributed by atoms with E-state index in [0.29, 0.717) is 17.2 Å². The second-order valence-corrected chi connectivity index (χ2v) is 7.37. The molecule has 168 valence electrons. The summed E-state index contributed by atoms with van der Waals surface area (Å²) in [6, 6.07) is 8.07. The fourth-order valence-electron chi connectivity index (χ4n) is 3.33. The van der Waals surface area contributed by atoms with E-state index in [1.807, 2.05) is 32.0 Å². The first-order valence-corrected chi connectivity index (χ1v) is 9.88. The van der Waals surface area contributed by atoms with E-state index < -0.39 is 17.9 Å². The van der Waals surface area contributed by atoms with Crippen molar-refractivity contribution in [2.45, 2.75) is 26.3 Å². The van der Waals surface area contributed by atoms with E-state index in [0.717, 1.165) is 33.6 Å². The van der Waals surface area contributed by atoms with Gasteiger partial charge in [-0.15, -0.1) is 0 Å². The average Bonchev–Trinajstić information content (AvgIpc) is 3.25. The minimum atomic E-state index is -1.07. The lowest BCUT2D eigenvalue weighted by atomic mass is 9.98. The molecule has 0 aliphatic heterocycles. The molecule has 0 radical (unpaired) electrons. The van der Waals surface area contributed by atoms with Gasteiger partial charge in [-0.2, -0.15) is 0 Å². The van der Waals surface area contributed by atoms with Crippen LogP contribution in [0.5, 0.6) is 11.5 Å². The zero-order valence-electron chi connectivity index (χ0n) is 18.4. The number of aromatic nitrogens is 1. The van der Waals surface area contributed by atoms with Crippen molar-refractivity contribution < 1.29 is 23.6 Å². The molecule has 1 atom stereocenters. The summed E-state index contributed by atoms with van der Waals surface area (Å²) in [6.07, 6.45) is 1.33. The number of benzene rings is 2. The predicted octanol–water partition coefficient (Wildman–Crippen LogP) is 2.78. The fraction of sp³-hybridized carbons (Fsp3) is 0.261. The molecule has 1 aromatic heterocycles. The van der Waals surface area contributed by atoms with Gasteiger partial charge in [-0.25, -0.2) is 0 Å². The Balaban J connectivity index is 2.00. The molecule has 0 aliphatic carbocycles. The summed E-state index contributed by atoms with van der Waals surface area (Å²) in [7, 11) is 3.11. The molecule has 3 rings (SSSR count). The van der Waals surface area contributed by atoms with Crippen LogP contribution < -0.4 is 26.3 Å². The topological polar surface area (TPSA) is 143 Å². The number of carbonyl (C=O) groups is 2. The normalized spacial score (nSPS) is 11.7. The quantitative estimate of drug-likeness (QED) is 0.491. The highest BCUT2D eigenvalue weighted by Gasteiger charge is 2.20. The number of aryl methyl sites for hydroxylation is 1. The third-order valence-electron chi connectivity index (χ3n) is 5.20. The number of anilines is 1. The number of methoxy groups -OCH3 is 2. The lowest BCUT2D eigenvalue weighted by molar-refractivity contribution is -0.123. The number of hydrogen-bond donors (Lipinski definition) is 3. The number of rotatable bonds is 8. The maximum Gasteiger partial charge on any atom is 0.241 e. The Hall–Kier alpha value is -3.85. The van der Waals surface area contributed by atoms with Gasteiger partial charge in [0.2, 0.25) is 11.8 Å². The van der Waals surface area contributed by atoms with E-state index >= 15 is 0 Å². The monoisotopic (exact) mass is 438 g/mol. The zero-order chi connectivity index (χ0) is 23.4. The maximum absolute atomic E-state index is 12.4. The fourth-order valence-corrected chi connectivity index (χ4v) is 3.33. The molecule has 0 bridgehead atoms. The third kappa shape index (κ3) is 4.73. The summed E-state index contributed by atoms with van der Waals surface area (Å²) in [4.78, 5) is 23.5. The Morgan fingerprint density at radius 2 is 1.81 bits per heavy atom. The molecule has 9 nitrogen and oxygen atoms in total. The van der Waals surface area contributed by atoms with Gasteiger partial charge in [-0.1, -0.05) is 11.2 Å². The highest BCUT2D eigenvalue weighted by Crippen LogP contribution is 2.38. The van der Waals surface area contributed by atoms with Crippen LogP contribution in [0.1, 0.15) is 17.5 Å². The van der Waals surface area contributed by atoms with Crippen LogP contribution in [0, 0.1) is 13.8 Å². The van der Waals surface area contributed by atoms with Gasteiger partial charge in [0.05, 0.1) is 38.6 Å². The molecule has 32 heavy (non-hydrogen) atoms. The van der Waals surface area contributed by atoms with E-state index in [1.54, 1.807) is 25.4 Å². The summed E-state index contributed by atoms with van der Waals surface area (Å²) < 4.78 is 16.4. The molecule has 1 heterocycles. The average molecular weight is 438 g/mol. The van der Waals surface area contributed by atoms with E-state index in [9.17, 15) is 9.59 Å². The van der Waals surface area contributed by atoms with Gasteiger partial charge in [0.15, 0.2) is 5.76 Å². The lowest BCUT2D eigenvalue weighted by Crippen LogP contribution is -2.39. The first kappa shape index (κ1) is 22.8. The molecular formula is C23H26N4O5. The molecule has 0 fully saturated rings. The molecule has 2 amide bonds. The molecule has 3 aromatic rings. The van der Waals surface area contributed by atoms with Crippen molar-refractivity contribution in [3.63, 3.8) is 0 Å². The number of amides is 2. The van der Waals surface area contributed by atoms with Gasteiger partial charge in [0, 0.05) is 11.1 Å². The molecule has 0 spiro atoms. The molecule has 9 heteroatoms. The Bertz CT molecular complexity index is 1160. The van der Waals surface area contributed by atoms with Crippen LogP contribution in [0.3, 0.4) is 0 Å². The van der Waals surface area contributed by atoms with Crippen LogP contribution in [0.25, 0.3) is 22.5 Å². The van der Waals surface area contributed by atoms with Crippen molar-refractivity contribution in [2.24, 2.45) is 11.5 Å². The molecule has 1 unspecified atom stereocenters. The smallest absolute Gasteiger partial charge is 0.241 e. The number of nitrogens with two attached hydrogens (primary N) is 2. The van der Waals surface area contributed by atoms with Gasteiger partial charge in [-0.05, 0) is 54.8 Å². The number of ether oxygens (including phenoxy) is 2. The van der Waals surface area contributed by atoms with E-state index in [-0.39, 0.29) is 6.42 Å². The van der Waals surface area contributed by atoms with E-state index in [4.69, 9.17) is 25.5 Å². The third-order valence-corrected chi connectivity index (χ3v) is 5.20. The van der Waals surface area contributed by atoms with Crippen molar-refractivity contribution >= 4 is 17.5 Å². The van der Waals surface area contributed by atoms with Crippen LogP contribution >= 0.6 is 0 Å². The number of nitrogens with one attached hydrogen (secondary N) is 1. The van der Waals surface area contributed by atoms with Gasteiger partial charge < -0.3 is 30.8 Å². The standard InChI is InChI=1S/C23H26N4O5/c1-12-7-15(9-20(31-4)13(12)2)22-16(11-26-32-22)14-5-6-19(30-3)18(8-14)27-23(29)17(24)10-21(25)28/h5-9,11,17H,10,24H2,1-4H3,(H2,25,28)(H,27,29). The molecule has 0 saturated carbocycles. The second-order valence-electron chi connectivity index (χ2n) is 7.37. The van der Waals surface area contributed by atoms with Crippen molar-refractivity contribution in [2.75, 3.05) is 19.5 Å². The van der Waals surface area contributed by atoms with Crippen molar-refractivity contribution in [1.29, 1.82) is 0 Å². The summed E-state index contributed by atoms with van der Waals surface area (Å²) in [5.41, 5.74) is 15.6. The van der Waals surface area contributed by atoms with Crippen LogP contribution in [-0.2, 0) is 9.59 Å². The molecule has 0 aliphatic rings. The molecular weight excluding hydrogens is 412 g/mol. The predicted molar refractivity (Wildman–Crippen MR) is 120 cm³/mol. The highest BCUT2D eigenvalue weighted by molar-refractivity contribution is 5.99. The molecule has 5 N–H and O–H groups in total. The van der Waals surface area contributed by atoms with Gasteiger partial charge in [0.25, 0.3) is 0 Å². The summed E-state index contributed by atoms with van der Waals surface area (Å²) >= 11 is 0. The Morgan fingerprint density at radius 1 is 1.09 bits per heavy atom. The van der Waals surface area contributed by atoms with Crippen molar-refractivity contribution in [1.82, 2.24) is 5.16 Å². The maximum atomic E-state index is 12.4. The Kier molecular flexibility index (Phi) is 6.79. The Morgan fingerprint density at radius 3 is 2.47 bits per heavy atom. The first-order chi connectivity index (χ1) is 15.2. The molecule has 2 aromatic carbocycles. The largest absolute Gasteiger partial charge is 0.496 e.